The molecule has 0 fully saturated rings. The van der Waals surface area contributed by atoms with Crippen molar-refractivity contribution in [3.05, 3.63) is 47.1 Å². The Balaban J connectivity index is 1.67. The third kappa shape index (κ3) is 4.36. The van der Waals surface area contributed by atoms with E-state index in [0.717, 1.165) is 22.0 Å². The van der Waals surface area contributed by atoms with Crippen LogP contribution in [0.25, 0.3) is 11.3 Å². The van der Waals surface area contributed by atoms with Crippen molar-refractivity contribution in [2.24, 2.45) is 0 Å². The number of aryl methyl sites for hydroxylation is 2. The van der Waals surface area contributed by atoms with Gasteiger partial charge in [0.1, 0.15) is 5.01 Å². The molecule has 0 aliphatic heterocycles. The number of rotatable bonds is 5. The van der Waals surface area contributed by atoms with Crippen molar-refractivity contribution < 1.29 is 4.79 Å². The van der Waals surface area contributed by atoms with Crippen LogP contribution in [0.2, 0.25) is 0 Å². The maximum Gasteiger partial charge on any atom is 0.236 e. The lowest BCUT2D eigenvalue weighted by Crippen LogP contribution is -2.14. The minimum atomic E-state index is -0.150. The Morgan fingerprint density at radius 1 is 1.17 bits per heavy atom. The number of thioether (sulfide) groups is 1. The third-order valence-electron chi connectivity index (χ3n) is 3.01. The van der Waals surface area contributed by atoms with Crippen LogP contribution in [-0.2, 0) is 4.79 Å². The predicted molar refractivity (Wildman–Crippen MR) is 96.2 cm³/mol. The average Bonchev–Trinajstić information content (AvgIpc) is 2.98. The summed E-state index contributed by atoms with van der Waals surface area (Å²) in [5, 5.41) is 12.4. The second kappa shape index (κ2) is 7.50. The van der Waals surface area contributed by atoms with E-state index >= 15 is 0 Å². The van der Waals surface area contributed by atoms with E-state index in [9.17, 15) is 4.79 Å². The van der Waals surface area contributed by atoms with Gasteiger partial charge in [-0.3, -0.25) is 10.1 Å². The molecular formula is C16H15N5OS2. The number of carbonyl (C=O) groups excluding carboxylic acids is 1. The highest BCUT2D eigenvalue weighted by molar-refractivity contribution is 7.99. The summed E-state index contributed by atoms with van der Waals surface area (Å²) in [6.07, 6.45) is 0. The number of nitrogens with one attached hydrogen (secondary N) is 1. The monoisotopic (exact) mass is 357 g/mol. The number of nitrogens with zero attached hydrogens (tertiary/aromatic N) is 4. The van der Waals surface area contributed by atoms with Gasteiger partial charge in [0.05, 0.1) is 11.4 Å². The van der Waals surface area contributed by atoms with Crippen molar-refractivity contribution in [2.45, 2.75) is 19.0 Å². The maximum absolute atomic E-state index is 12.0. The van der Waals surface area contributed by atoms with E-state index in [4.69, 9.17) is 0 Å². The second-order valence-electron chi connectivity index (χ2n) is 5.01. The van der Waals surface area contributed by atoms with Gasteiger partial charge in [-0.05, 0) is 19.9 Å². The molecule has 0 unspecified atom stereocenters. The Hall–Kier alpha value is -2.32. The van der Waals surface area contributed by atoms with Gasteiger partial charge in [-0.15, -0.1) is 10.2 Å². The summed E-state index contributed by atoms with van der Waals surface area (Å²) in [4.78, 5) is 20.9. The molecular weight excluding hydrogens is 342 g/mol. The van der Waals surface area contributed by atoms with Crippen LogP contribution >= 0.6 is 23.1 Å². The lowest BCUT2D eigenvalue weighted by molar-refractivity contribution is -0.113. The van der Waals surface area contributed by atoms with Gasteiger partial charge in [-0.25, -0.2) is 9.97 Å². The SMILES string of the molecule is Cc1cc(-c2ccccc2)nc(SCC(=O)Nc2nnc(C)s2)n1. The van der Waals surface area contributed by atoms with Crippen molar-refractivity contribution in [3.8, 4) is 11.3 Å². The van der Waals surface area contributed by atoms with E-state index in [1.54, 1.807) is 0 Å². The average molecular weight is 357 g/mol. The van der Waals surface area contributed by atoms with Gasteiger partial charge in [-0.1, -0.05) is 53.4 Å². The molecule has 6 nitrogen and oxygen atoms in total. The van der Waals surface area contributed by atoms with Gasteiger partial charge in [-0.2, -0.15) is 0 Å². The molecule has 0 radical (unpaired) electrons. The molecule has 3 aromatic rings. The quantitative estimate of drug-likeness (QED) is 0.557. The molecule has 0 atom stereocenters. The molecule has 0 aliphatic rings. The molecule has 1 amide bonds. The molecule has 2 heterocycles. The van der Waals surface area contributed by atoms with Crippen LogP contribution in [0.5, 0.6) is 0 Å². The van der Waals surface area contributed by atoms with Gasteiger partial charge < -0.3 is 0 Å². The number of benzene rings is 1. The zero-order chi connectivity index (χ0) is 16.9. The molecule has 0 aliphatic carbocycles. The van der Waals surface area contributed by atoms with Crippen LogP contribution in [0.1, 0.15) is 10.7 Å². The first-order valence-corrected chi connectivity index (χ1v) is 9.04. The van der Waals surface area contributed by atoms with Crippen molar-refractivity contribution in [3.63, 3.8) is 0 Å². The molecule has 0 bridgehead atoms. The predicted octanol–water partition coefficient (Wildman–Crippen LogP) is 3.34. The van der Waals surface area contributed by atoms with Crippen molar-refractivity contribution in [2.75, 3.05) is 11.1 Å². The summed E-state index contributed by atoms with van der Waals surface area (Å²) in [5.41, 5.74) is 2.75. The smallest absolute Gasteiger partial charge is 0.236 e. The fourth-order valence-electron chi connectivity index (χ4n) is 2.00. The van der Waals surface area contributed by atoms with E-state index in [0.29, 0.717) is 10.3 Å². The normalized spacial score (nSPS) is 10.6. The Kier molecular flexibility index (Phi) is 5.17. The van der Waals surface area contributed by atoms with E-state index in [1.165, 1.54) is 23.1 Å². The number of aromatic nitrogens is 4. The lowest BCUT2D eigenvalue weighted by atomic mass is 10.1. The van der Waals surface area contributed by atoms with Crippen LogP contribution in [0.15, 0.2) is 41.6 Å². The number of carbonyl (C=O) groups is 1. The molecule has 3 rings (SSSR count). The van der Waals surface area contributed by atoms with Crippen LogP contribution in [0.4, 0.5) is 5.13 Å². The molecule has 24 heavy (non-hydrogen) atoms. The fraction of sp³-hybridized carbons (Fsp3) is 0.188. The minimum Gasteiger partial charge on any atom is -0.300 e. The number of hydrogen-bond acceptors (Lipinski definition) is 7. The standard InChI is InChI=1S/C16H15N5OS2/c1-10-8-13(12-6-4-3-5-7-12)18-15(17-10)23-9-14(22)19-16-21-20-11(2)24-16/h3-8H,9H2,1-2H3,(H,19,21,22). The van der Waals surface area contributed by atoms with Crippen LogP contribution in [0, 0.1) is 13.8 Å². The van der Waals surface area contributed by atoms with E-state index in [2.05, 4.69) is 25.5 Å². The highest BCUT2D eigenvalue weighted by atomic mass is 32.2. The summed E-state index contributed by atoms with van der Waals surface area (Å²) in [6, 6.07) is 11.8. The highest BCUT2D eigenvalue weighted by Crippen LogP contribution is 2.22. The molecule has 122 valence electrons. The van der Waals surface area contributed by atoms with E-state index < -0.39 is 0 Å². The number of hydrogen-bond donors (Lipinski definition) is 1. The maximum atomic E-state index is 12.0. The summed E-state index contributed by atoms with van der Waals surface area (Å²) < 4.78 is 0. The van der Waals surface area contributed by atoms with Gasteiger partial charge in [0.25, 0.3) is 0 Å². The summed E-state index contributed by atoms with van der Waals surface area (Å²) in [7, 11) is 0. The Morgan fingerprint density at radius 3 is 2.67 bits per heavy atom. The van der Waals surface area contributed by atoms with Crippen LogP contribution in [-0.4, -0.2) is 31.8 Å². The first-order chi connectivity index (χ1) is 11.6. The lowest BCUT2D eigenvalue weighted by Gasteiger charge is -2.06. The topological polar surface area (TPSA) is 80.7 Å². The summed E-state index contributed by atoms with van der Waals surface area (Å²) >= 11 is 2.64. The van der Waals surface area contributed by atoms with Crippen molar-refractivity contribution >= 4 is 34.1 Å². The highest BCUT2D eigenvalue weighted by Gasteiger charge is 2.10. The van der Waals surface area contributed by atoms with Crippen molar-refractivity contribution in [1.82, 2.24) is 20.2 Å². The van der Waals surface area contributed by atoms with Gasteiger partial charge in [0.15, 0.2) is 5.16 Å². The molecule has 0 saturated carbocycles. The molecule has 8 heteroatoms. The Morgan fingerprint density at radius 2 is 1.96 bits per heavy atom. The van der Waals surface area contributed by atoms with Gasteiger partial charge >= 0.3 is 0 Å². The van der Waals surface area contributed by atoms with Crippen LogP contribution in [0.3, 0.4) is 0 Å². The molecule has 0 spiro atoms. The van der Waals surface area contributed by atoms with Crippen molar-refractivity contribution in [1.29, 1.82) is 0 Å². The van der Waals surface area contributed by atoms with Gasteiger partial charge in [0, 0.05) is 11.3 Å². The second-order valence-corrected chi connectivity index (χ2v) is 7.13. The molecule has 1 aromatic carbocycles. The van der Waals surface area contributed by atoms with Crippen LogP contribution < -0.4 is 5.32 Å². The Bertz CT molecular complexity index is 851. The first-order valence-electron chi connectivity index (χ1n) is 7.24. The summed E-state index contributed by atoms with van der Waals surface area (Å²) in [5.74, 6) is 0.0681. The fourth-order valence-corrected chi connectivity index (χ4v) is 3.31. The first kappa shape index (κ1) is 16.5. The number of anilines is 1. The third-order valence-corrected chi connectivity index (χ3v) is 4.61. The van der Waals surface area contributed by atoms with E-state index in [-0.39, 0.29) is 11.7 Å². The summed E-state index contributed by atoms with van der Waals surface area (Å²) in [6.45, 7) is 3.76. The number of amides is 1. The van der Waals surface area contributed by atoms with Gasteiger partial charge in [0.2, 0.25) is 11.0 Å². The molecule has 0 saturated heterocycles. The zero-order valence-corrected chi connectivity index (χ0v) is 14.8. The largest absolute Gasteiger partial charge is 0.300 e. The van der Waals surface area contributed by atoms with E-state index in [1.807, 2.05) is 50.2 Å². The minimum absolute atomic E-state index is 0.150. The molecule has 1 N–H and O–H groups in total. The Labute approximate surface area is 147 Å². The molecule has 2 aromatic heterocycles. The zero-order valence-electron chi connectivity index (χ0n) is 13.2.